The quantitative estimate of drug-likeness (QED) is 0.207. The Hall–Kier alpha value is -0.572. The standard InChI is InChI=1S/C16H36O7Si4/c1-24(2,3)21-27(22-25(4,5)6,23-26(7,8)9)14-10-13-20-16(19)12-11-15(17)18/h11-12H,10,13-14H2,1-9H3,(H,17,18). The fourth-order valence-corrected chi connectivity index (χ4v) is 16.9. The molecule has 7 nitrogen and oxygen atoms in total. The Labute approximate surface area is 167 Å². The van der Waals surface area contributed by atoms with E-state index >= 15 is 0 Å². The molecule has 0 fully saturated rings. The van der Waals surface area contributed by atoms with Gasteiger partial charge in [-0.2, -0.15) is 0 Å². The van der Waals surface area contributed by atoms with Crippen molar-refractivity contribution in [1.82, 2.24) is 0 Å². The topological polar surface area (TPSA) is 91.3 Å². The normalized spacial score (nSPS) is 13.8. The molecule has 0 aromatic heterocycles. The van der Waals surface area contributed by atoms with Crippen molar-refractivity contribution >= 4 is 45.7 Å². The lowest BCUT2D eigenvalue weighted by atomic mass is 10.5. The van der Waals surface area contributed by atoms with Gasteiger partial charge in [-0.3, -0.25) is 0 Å². The third-order valence-corrected chi connectivity index (χ3v) is 14.7. The summed E-state index contributed by atoms with van der Waals surface area (Å²) >= 11 is 0. The summed E-state index contributed by atoms with van der Waals surface area (Å²) in [7, 11) is -8.71. The molecule has 0 unspecified atom stereocenters. The number of carbonyl (C=O) groups excluding carboxylic acids is 1. The largest absolute Gasteiger partial charge is 0.478 e. The summed E-state index contributed by atoms with van der Waals surface area (Å²) in [6, 6.07) is 0.571. The van der Waals surface area contributed by atoms with Gasteiger partial charge in [-0.1, -0.05) is 0 Å². The maximum atomic E-state index is 11.5. The van der Waals surface area contributed by atoms with Crippen molar-refractivity contribution in [3.8, 4) is 0 Å². The second-order valence-corrected chi connectivity index (χ2v) is 26.3. The van der Waals surface area contributed by atoms with Gasteiger partial charge in [0.25, 0.3) is 0 Å². The first kappa shape index (κ1) is 26.4. The van der Waals surface area contributed by atoms with Crippen LogP contribution in [0.2, 0.25) is 65.0 Å². The van der Waals surface area contributed by atoms with Crippen LogP contribution in [-0.4, -0.2) is 57.4 Å². The van der Waals surface area contributed by atoms with E-state index < -0.39 is 45.7 Å². The van der Waals surface area contributed by atoms with Crippen molar-refractivity contribution in [2.45, 2.75) is 71.4 Å². The molecule has 11 heteroatoms. The molecule has 0 aliphatic carbocycles. The summed E-state index contributed by atoms with van der Waals surface area (Å²) < 4.78 is 24.7. The Bertz CT molecular complexity index is 490. The Morgan fingerprint density at radius 3 is 1.52 bits per heavy atom. The molecule has 0 aromatic rings. The van der Waals surface area contributed by atoms with Crippen LogP contribution in [0.1, 0.15) is 6.42 Å². The van der Waals surface area contributed by atoms with E-state index in [4.69, 9.17) is 22.2 Å². The van der Waals surface area contributed by atoms with Crippen LogP contribution in [0.3, 0.4) is 0 Å². The fourth-order valence-electron chi connectivity index (χ4n) is 2.26. The van der Waals surface area contributed by atoms with Gasteiger partial charge in [0, 0.05) is 18.2 Å². The molecule has 0 saturated heterocycles. The molecular weight excluding hydrogens is 417 g/mol. The fraction of sp³-hybridized carbons (Fsp3) is 0.750. The zero-order valence-electron chi connectivity index (χ0n) is 18.2. The van der Waals surface area contributed by atoms with Crippen LogP contribution < -0.4 is 0 Å². The van der Waals surface area contributed by atoms with Crippen molar-refractivity contribution in [2.24, 2.45) is 0 Å². The molecule has 0 heterocycles. The number of carboxylic acid groups (broad SMARTS) is 1. The number of carbonyl (C=O) groups is 2. The molecule has 158 valence electrons. The number of rotatable bonds is 12. The highest BCUT2D eigenvalue weighted by Crippen LogP contribution is 2.29. The number of hydrogen-bond acceptors (Lipinski definition) is 6. The molecule has 0 atom stereocenters. The predicted molar refractivity (Wildman–Crippen MR) is 116 cm³/mol. The Kier molecular flexibility index (Phi) is 10.1. The average molecular weight is 453 g/mol. The maximum absolute atomic E-state index is 11.5. The zero-order valence-corrected chi connectivity index (χ0v) is 22.2. The lowest BCUT2D eigenvalue weighted by molar-refractivity contribution is -0.138. The summed E-state index contributed by atoms with van der Waals surface area (Å²) in [6.45, 7) is 19.2. The number of hydrogen-bond donors (Lipinski definition) is 1. The van der Waals surface area contributed by atoms with E-state index in [1.165, 1.54) is 0 Å². The van der Waals surface area contributed by atoms with Gasteiger partial charge in [-0.25, -0.2) is 9.59 Å². The van der Waals surface area contributed by atoms with Gasteiger partial charge in [0.2, 0.25) is 0 Å². The second kappa shape index (κ2) is 10.3. The first-order valence-corrected chi connectivity index (χ1v) is 21.3. The molecule has 0 aliphatic heterocycles. The molecule has 1 N–H and O–H groups in total. The van der Waals surface area contributed by atoms with Crippen LogP contribution in [0.4, 0.5) is 0 Å². The number of ether oxygens (including phenoxy) is 1. The van der Waals surface area contributed by atoms with E-state index in [9.17, 15) is 9.59 Å². The molecule has 0 bridgehead atoms. The van der Waals surface area contributed by atoms with E-state index in [-0.39, 0.29) is 6.61 Å². The van der Waals surface area contributed by atoms with E-state index in [0.29, 0.717) is 12.5 Å². The highest BCUT2D eigenvalue weighted by Gasteiger charge is 2.49. The van der Waals surface area contributed by atoms with Gasteiger partial charge in [-0.05, 0) is 65.3 Å². The van der Waals surface area contributed by atoms with Crippen LogP contribution in [0.5, 0.6) is 0 Å². The van der Waals surface area contributed by atoms with E-state index in [2.05, 4.69) is 58.9 Å². The van der Waals surface area contributed by atoms with Crippen LogP contribution in [0.15, 0.2) is 12.2 Å². The van der Waals surface area contributed by atoms with Crippen molar-refractivity contribution in [2.75, 3.05) is 6.61 Å². The van der Waals surface area contributed by atoms with Gasteiger partial charge in [0.05, 0.1) is 6.61 Å². The SMILES string of the molecule is C[Si](C)(C)O[Si](CCCOC(=O)C=CC(=O)O)(O[Si](C)(C)C)O[Si](C)(C)C. The highest BCUT2D eigenvalue weighted by atomic mass is 28.5. The lowest BCUT2D eigenvalue weighted by Crippen LogP contribution is -2.60. The molecule has 0 aliphatic rings. The monoisotopic (exact) mass is 452 g/mol. The number of esters is 1. The Morgan fingerprint density at radius 2 is 1.19 bits per heavy atom. The summed E-state index contributed by atoms with van der Waals surface area (Å²) in [6.07, 6.45) is 2.21. The minimum Gasteiger partial charge on any atom is -0.478 e. The number of aliphatic carboxylic acids is 1. The maximum Gasteiger partial charge on any atom is 0.469 e. The minimum absolute atomic E-state index is 0.163. The molecule has 0 radical (unpaired) electrons. The third-order valence-electron chi connectivity index (χ3n) is 2.62. The van der Waals surface area contributed by atoms with Crippen LogP contribution in [0, 0.1) is 0 Å². The van der Waals surface area contributed by atoms with Crippen molar-refractivity contribution in [1.29, 1.82) is 0 Å². The van der Waals surface area contributed by atoms with Crippen LogP contribution in [0.25, 0.3) is 0 Å². The molecule has 0 rings (SSSR count). The average Bonchev–Trinajstić information content (AvgIpc) is 2.35. The summed E-state index contributed by atoms with van der Waals surface area (Å²) in [5.74, 6) is -1.86. The molecular formula is C16H36O7Si4. The zero-order chi connectivity index (χ0) is 21.5. The number of carboxylic acids is 1. The van der Waals surface area contributed by atoms with Gasteiger partial charge >= 0.3 is 20.7 Å². The van der Waals surface area contributed by atoms with Gasteiger partial charge in [0.1, 0.15) is 0 Å². The van der Waals surface area contributed by atoms with E-state index in [1.807, 2.05) is 0 Å². The first-order chi connectivity index (χ1) is 11.9. The molecule has 0 amide bonds. The Morgan fingerprint density at radius 1 is 0.778 bits per heavy atom. The predicted octanol–water partition coefficient (Wildman–Crippen LogP) is 4.05. The van der Waals surface area contributed by atoms with Crippen molar-refractivity contribution in [3.05, 3.63) is 12.2 Å². The summed E-state index contributed by atoms with van der Waals surface area (Å²) in [5.41, 5.74) is 0. The van der Waals surface area contributed by atoms with Gasteiger partial charge in [0.15, 0.2) is 25.0 Å². The third kappa shape index (κ3) is 15.1. The lowest BCUT2D eigenvalue weighted by Gasteiger charge is -2.42. The van der Waals surface area contributed by atoms with E-state index in [1.54, 1.807) is 0 Å². The Balaban J connectivity index is 5.21. The molecule has 0 saturated carbocycles. The summed E-state index contributed by atoms with van der Waals surface area (Å²) in [5, 5.41) is 8.54. The smallest absolute Gasteiger partial charge is 0.469 e. The highest BCUT2D eigenvalue weighted by molar-refractivity contribution is 6.90. The molecule has 27 heavy (non-hydrogen) atoms. The second-order valence-electron chi connectivity index (χ2n) is 9.27. The van der Waals surface area contributed by atoms with Crippen molar-refractivity contribution in [3.63, 3.8) is 0 Å². The van der Waals surface area contributed by atoms with E-state index in [0.717, 1.165) is 12.2 Å². The first-order valence-electron chi connectivity index (χ1n) is 9.11. The summed E-state index contributed by atoms with van der Waals surface area (Å²) in [4.78, 5) is 22.0. The van der Waals surface area contributed by atoms with Crippen molar-refractivity contribution < 1.29 is 31.8 Å². The van der Waals surface area contributed by atoms with Gasteiger partial charge in [-0.15, -0.1) is 0 Å². The molecule has 0 aromatic carbocycles. The van der Waals surface area contributed by atoms with Gasteiger partial charge < -0.3 is 22.2 Å². The van der Waals surface area contributed by atoms with Crippen LogP contribution in [-0.2, 0) is 26.7 Å². The minimum atomic E-state index is -2.93. The molecule has 0 spiro atoms. The van der Waals surface area contributed by atoms with Crippen LogP contribution >= 0.6 is 0 Å².